The third-order valence-corrected chi connectivity index (χ3v) is 6.99. The van der Waals surface area contributed by atoms with Crippen LogP contribution in [-0.2, 0) is 22.2 Å². The zero-order chi connectivity index (χ0) is 25.7. The summed E-state index contributed by atoms with van der Waals surface area (Å²) in [4.78, 5) is 27.0. The molecule has 1 aliphatic rings. The molecule has 6 heteroatoms. The Labute approximate surface area is 208 Å². The van der Waals surface area contributed by atoms with Gasteiger partial charge in [-0.3, -0.25) is 9.59 Å². The van der Waals surface area contributed by atoms with E-state index in [1.165, 1.54) is 0 Å². The molecule has 35 heavy (non-hydrogen) atoms. The summed E-state index contributed by atoms with van der Waals surface area (Å²) in [5.74, 6) is -0.548. The molecule has 2 N–H and O–H groups in total. The number of amides is 2. The third kappa shape index (κ3) is 5.89. The molecule has 0 unspecified atom stereocenters. The maximum atomic E-state index is 13.6. The van der Waals surface area contributed by atoms with Crippen molar-refractivity contribution in [2.45, 2.75) is 82.7 Å². The second-order valence-electron chi connectivity index (χ2n) is 10.5. The first-order chi connectivity index (χ1) is 16.5. The Bertz CT molecular complexity index is 1120. The number of hydrogen-bond donors (Lipinski definition) is 2. The van der Waals surface area contributed by atoms with Crippen molar-refractivity contribution in [3.05, 3.63) is 70.8 Å². The number of hydrogen-bond acceptors (Lipinski definition) is 4. The van der Waals surface area contributed by atoms with Crippen LogP contribution >= 0.6 is 0 Å². The van der Waals surface area contributed by atoms with Crippen LogP contribution in [0.15, 0.2) is 48.5 Å². The van der Waals surface area contributed by atoms with E-state index >= 15 is 0 Å². The second-order valence-corrected chi connectivity index (χ2v) is 10.5. The largest absolute Gasteiger partial charge is 0.350 e. The number of nitriles is 2. The van der Waals surface area contributed by atoms with E-state index in [1.807, 2.05) is 36.4 Å². The molecule has 2 aromatic rings. The van der Waals surface area contributed by atoms with Crippen molar-refractivity contribution in [1.82, 2.24) is 10.6 Å². The van der Waals surface area contributed by atoms with Crippen molar-refractivity contribution in [2.24, 2.45) is 0 Å². The average molecular weight is 471 g/mol. The molecule has 1 aliphatic carbocycles. The molecule has 0 aromatic heterocycles. The van der Waals surface area contributed by atoms with E-state index in [0.717, 1.165) is 24.8 Å². The monoisotopic (exact) mass is 470 g/mol. The van der Waals surface area contributed by atoms with Gasteiger partial charge in [0, 0.05) is 12.1 Å². The first-order valence-corrected chi connectivity index (χ1v) is 12.2. The van der Waals surface area contributed by atoms with Crippen molar-refractivity contribution < 1.29 is 9.59 Å². The molecule has 0 saturated heterocycles. The maximum absolute atomic E-state index is 13.6. The van der Waals surface area contributed by atoms with E-state index < -0.39 is 16.4 Å². The van der Waals surface area contributed by atoms with Crippen molar-refractivity contribution in [1.29, 1.82) is 10.5 Å². The highest BCUT2D eigenvalue weighted by Crippen LogP contribution is 2.32. The minimum atomic E-state index is -0.990. The summed E-state index contributed by atoms with van der Waals surface area (Å²) >= 11 is 0. The summed E-state index contributed by atoms with van der Waals surface area (Å²) in [6.07, 6.45) is 3.87. The molecule has 0 aliphatic heterocycles. The number of carbonyl (C=O) groups is 2. The highest BCUT2D eigenvalue weighted by Gasteiger charge is 2.41. The summed E-state index contributed by atoms with van der Waals surface area (Å²) in [7, 11) is 0. The van der Waals surface area contributed by atoms with Crippen LogP contribution in [-0.4, -0.2) is 17.4 Å². The summed E-state index contributed by atoms with van der Waals surface area (Å²) in [5.41, 5.74) is 0.000903. The second kappa shape index (κ2) is 10.3. The highest BCUT2D eigenvalue weighted by atomic mass is 16.2. The summed E-state index contributed by atoms with van der Waals surface area (Å²) < 4.78 is 0. The number of carbonyl (C=O) groups excluding carboxylic acids is 2. The lowest BCUT2D eigenvalue weighted by atomic mass is 9.78. The van der Waals surface area contributed by atoms with Crippen molar-refractivity contribution in [3.63, 3.8) is 0 Å². The average Bonchev–Trinajstić information content (AvgIpc) is 2.88. The van der Waals surface area contributed by atoms with E-state index in [1.54, 1.807) is 39.8 Å². The quantitative estimate of drug-likeness (QED) is 0.591. The summed E-state index contributed by atoms with van der Waals surface area (Å²) in [6.45, 7) is 7.53. The normalized spacial score (nSPS) is 15.4. The van der Waals surface area contributed by atoms with Crippen molar-refractivity contribution >= 4 is 11.8 Å². The van der Waals surface area contributed by atoms with E-state index in [4.69, 9.17) is 0 Å². The molecule has 182 valence electrons. The standard InChI is InChI=1S/C29H34N4O2/c1-27(2,19-30)23-15-22(16-24(17-23)28(3,4)20-31)25(34)33-29(13-9-6-10-14-29)26(35)32-18-21-11-7-5-8-12-21/h5,7-8,11-12,15-17H,6,9-10,13-14,18H2,1-4H3,(H,32,35)(H,33,34). The number of rotatable bonds is 7. The summed E-state index contributed by atoms with van der Waals surface area (Å²) in [5, 5.41) is 25.5. The molecule has 3 rings (SSSR count). The van der Waals surface area contributed by atoms with Crippen LogP contribution in [0.1, 0.15) is 86.8 Å². The fourth-order valence-electron chi connectivity index (χ4n) is 4.41. The third-order valence-electron chi connectivity index (χ3n) is 6.99. The topological polar surface area (TPSA) is 106 Å². The molecule has 1 fully saturated rings. The van der Waals surface area contributed by atoms with Crippen LogP contribution in [0, 0.1) is 22.7 Å². The van der Waals surface area contributed by atoms with Crippen LogP contribution < -0.4 is 10.6 Å². The van der Waals surface area contributed by atoms with Gasteiger partial charge in [0.05, 0.1) is 23.0 Å². The molecule has 2 amide bonds. The van der Waals surface area contributed by atoms with E-state index in [0.29, 0.717) is 36.1 Å². The Morgan fingerprint density at radius 3 is 1.94 bits per heavy atom. The van der Waals surface area contributed by atoms with Gasteiger partial charge in [0.1, 0.15) is 5.54 Å². The van der Waals surface area contributed by atoms with Gasteiger partial charge in [-0.05, 0) is 69.4 Å². The zero-order valence-electron chi connectivity index (χ0n) is 21.1. The molecule has 0 spiro atoms. The van der Waals surface area contributed by atoms with Gasteiger partial charge in [-0.2, -0.15) is 10.5 Å². The molecular formula is C29H34N4O2. The van der Waals surface area contributed by atoms with Gasteiger partial charge >= 0.3 is 0 Å². The Morgan fingerprint density at radius 1 is 0.886 bits per heavy atom. The van der Waals surface area contributed by atoms with Gasteiger partial charge in [-0.15, -0.1) is 0 Å². The lowest BCUT2D eigenvalue weighted by molar-refractivity contribution is -0.128. The molecular weight excluding hydrogens is 436 g/mol. The van der Waals surface area contributed by atoms with Crippen LogP contribution in [0.5, 0.6) is 0 Å². The fraction of sp³-hybridized carbons (Fsp3) is 0.448. The lowest BCUT2D eigenvalue weighted by Crippen LogP contribution is -2.59. The highest BCUT2D eigenvalue weighted by molar-refractivity contribution is 5.99. The van der Waals surface area contributed by atoms with Crippen molar-refractivity contribution in [2.75, 3.05) is 0 Å². The first-order valence-electron chi connectivity index (χ1n) is 12.2. The van der Waals surface area contributed by atoms with Gasteiger partial charge in [0.15, 0.2) is 0 Å². The Morgan fingerprint density at radius 2 is 1.43 bits per heavy atom. The molecule has 0 radical (unpaired) electrons. The fourth-order valence-corrected chi connectivity index (χ4v) is 4.41. The predicted molar refractivity (Wildman–Crippen MR) is 135 cm³/mol. The SMILES string of the molecule is CC(C)(C#N)c1cc(C(=O)NC2(C(=O)NCc3ccccc3)CCCCC2)cc(C(C)(C)C#N)c1. The molecule has 0 heterocycles. The number of nitrogens with one attached hydrogen (secondary N) is 2. The minimum absolute atomic E-state index is 0.180. The molecule has 0 atom stereocenters. The van der Waals surface area contributed by atoms with Crippen LogP contribution in [0.25, 0.3) is 0 Å². The van der Waals surface area contributed by atoms with Gasteiger partial charge in [-0.25, -0.2) is 0 Å². The lowest BCUT2D eigenvalue weighted by Gasteiger charge is -2.37. The van der Waals surface area contributed by atoms with Crippen molar-refractivity contribution in [3.8, 4) is 12.1 Å². The van der Waals surface area contributed by atoms with Gasteiger partial charge < -0.3 is 10.6 Å². The predicted octanol–water partition coefficient (Wildman–Crippen LogP) is 5.04. The first kappa shape index (κ1) is 26.0. The molecule has 0 bridgehead atoms. The Kier molecular flexibility index (Phi) is 7.66. The molecule has 2 aromatic carbocycles. The minimum Gasteiger partial charge on any atom is -0.350 e. The van der Waals surface area contributed by atoms with E-state index in [2.05, 4.69) is 22.8 Å². The Balaban J connectivity index is 1.93. The number of nitrogens with zero attached hydrogens (tertiary/aromatic N) is 2. The van der Waals surface area contributed by atoms with Gasteiger partial charge in [0.25, 0.3) is 5.91 Å². The number of benzene rings is 2. The van der Waals surface area contributed by atoms with Crippen LogP contribution in [0.3, 0.4) is 0 Å². The van der Waals surface area contributed by atoms with Gasteiger partial charge in [-0.1, -0.05) is 55.7 Å². The van der Waals surface area contributed by atoms with Gasteiger partial charge in [0.2, 0.25) is 5.91 Å². The van der Waals surface area contributed by atoms with Crippen LogP contribution in [0.4, 0.5) is 0 Å². The maximum Gasteiger partial charge on any atom is 0.252 e. The van der Waals surface area contributed by atoms with E-state index in [9.17, 15) is 20.1 Å². The van der Waals surface area contributed by atoms with Crippen LogP contribution in [0.2, 0.25) is 0 Å². The summed E-state index contributed by atoms with van der Waals surface area (Å²) in [6, 6.07) is 19.5. The smallest absolute Gasteiger partial charge is 0.252 e. The molecule has 6 nitrogen and oxygen atoms in total. The zero-order valence-corrected chi connectivity index (χ0v) is 21.1. The van der Waals surface area contributed by atoms with E-state index in [-0.39, 0.29) is 11.8 Å². The Hall–Kier alpha value is -3.64. The molecule has 1 saturated carbocycles.